The third-order valence-electron chi connectivity index (χ3n) is 3.94. The first-order valence-electron chi connectivity index (χ1n) is 8.50. The van der Waals surface area contributed by atoms with Crippen LogP contribution in [0.15, 0.2) is 42.5 Å². The third-order valence-corrected chi connectivity index (χ3v) is 3.94. The van der Waals surface area contributed by atoms with Crippen LogP contribution in [0.5, 0.6) is 17.2 Å². The maximum absolute atomic E-state index is 11.9. The molecule has 0 saturated heterocycles. The smallest absolute Gasteiger partial charge is 0.336 e. The molecule has 2 aromatic carbocycles. The van der Waals surface area contributed by atoms with Crippen LogP contribution in [-0.4, -0.2) is 57.4 Å². The van der Waals surface area contributed by atoms with Gasteiger partial charge in [-0.05, 0) is 43.9 Å². The lowest BCUT2D eigenvalue weighted by Crippen LogP contribution is -2.19. The van der Waals surface area contributed by atoms with E-state index in [4.69, 9.17) is 14.2 Å². The Morgan fingerprint density at radius 2 is 1.74 bits per heavy atom. The summed E-state index contributed by atoms with van der Waals surface area (Å²) in [6.45, 7) is 1.27. The van der Waals surface area contributed by atoms with Crippen LogP contribution in [0, 0.1) is 0 Å². The number of para-hydroxylation sites is 1. The molecule has 0 aliphatic carbocycles. The molecule has 6 heteroatoms. The van der Waals surface area contributed by atoms with Gasteiger partial charge in [0.2, 0.25) is 0 Å². The fourth-order valence-electron chi connectivity index (χ4n) is 2.50. The van der Waals surface area contributed by atoms with Crippen molar-refractivity contribution < 1.29 is 24.1 Å². The van der Waals surface area contributed by atoms with Crippen molar-refractivity contribution >= 4 is 17.6 Å². The summed E-state index contributed by atoms with van der Waals surface area (Å²) in [4.78, 5) is 13.9. The monoisotopic (exact) mass is 371 g/mol. The van der Waals surface area contributed by atoms with E-state index >= 15 is 0 Å². The average Bonchev–Trinajstić information content (AvgIpc) is 2.66. The van der Waals surface area contributed by atoms with Crippen LogP contribution in [0.4, 0.5) is 0 Å². The third kappa shape index (κ3) is 5.49. The van der Waals surface area contributed by atoms with Crippen molar-refractivity contribution in [2.45, 2.75) is 0 Å². The molecule has 0 radical (unpaired) electrons. The van der Waals surface area contributed by atoms with E-state index in [0.717, 1.165) is 6.54 Å². The molecule has 0 atom stereocenters. The van der Waals surface area contributed by atoms with Crippen LogP contribution < -0.4 is 14.2 Å². The van der Waals surface area contributed by atoms with Crippen molar-refractivity contribution in [1.82, 2.24) is 4.90 Å². The Bertz CT molecular complexity index is 814. The maximum atomic E-state index is 11.9. The second-order valence-corrected chi connectivity index (χ2v) is 6.12. The fraction of sp³-hybridized carbons (Fsp3) is 0.286. The molecule has 0 heterocycles. The van der Waals surface area contributed by atoms with Gasteiger partial charge in [0.15, 0.2) is 11.5 Å². The molecule has 0 aromatic heterocycles. The molecule has 0 amide bonds. The van der Waals surface area contributed by atoms with Crippen LogP contribution in [0.3, 0.4) is 0 Å². The first kappa shape index (κ1) is 20.3. The van der Waals surface area contributed by atoms with Gasteiger partial charge in [-0.1, -0.05) is 24.3 Å². The van der Waals surface area contributed by atoms with Gasteiger partial charge in [0, 0.05) is 12.1 Å². The van der Waals surface area contributed by atoms with Crippen LogP contribution in [0.2, 0.25) is 0 Å². The van der Waals surface area contributed by atoms with Gasteiger partial charge in [0.25, 0.3) is 0 Å². The van der Waals surface area contributed by atoms with E-state index in [9.17, 15) is 9.90 Å². The van der Waals surface area contributed by atoms with E-state index in [1.807, 2.05) is 43.3 Å². The SMILES string of the molecule is COc1ccc(/C(=C/c2ccccc2OCCN(C)C)C(=O)O)cc1OC. The molecule has 2 aromatic rings. The first-order valence-corrected chi connectivity index (χ1v) is 8.50. The molecule has 6 nitrogen and oxygen atoms in total. The van der Waals surface area contributed by atoms with Gasteiger partial charge in [-0.15, -0.1) is 0 Å². The largest absolute Gasteiger partial charge is 0.493 e. The second kappa shape index (κ2) is 9.64. The summed E-state index contributed by atoms with van der Waals surface area (Å²) in [6, 6.07) is 12.4. The zero-order valence-corrected chi connectivity index (χ0v) is 16.1. The Labute approximate surface area is 159 Å². The van der Waals surface area contributed by atoms with E-state index in [2.05, 4.69) is 0 Å². The van der Waals surface area contributed by atoms with Crippen molar-refractivity contribution in [1.29, 1.82) is 0 Å². The minimum Gasteiger partial charge on any atom is -0.493 e. The second-order valence-electron chi connectivity index (χ2n) is 6.12. The molecule has 0 spiro atoms. The molecular formula is C21H25NO5. The van der Waals surface area contributed by atoms with Crippen LogP contribution in [-0.2, 0) is 4.79 Å². The summed E-state index contributed by atoms with van der Waals surface area (Å²) in [5, 5.41) is 9.73. The Morgan fingerprint density at radius 1 is 1.04 bits per heavy atom. The molecule has 144 valence electrons. The fourth-order valence-corrected chi connectivity index (χ4v) is 2.50. The van der Waals surface area contributed by atoms with Crippen molar-refractivity contribution in [2.75, 3.05) is 41.5 Å². The van der Waals surface area contributed by atoms with Crippen LogP contribution in [0.25, 0.3) is 11.6 Å². The molecule has 0 aliphatic rings. The zero-order valence-electron chi connectivity index (χ0n) is 16.1. The quantitative estimate of drug-likeness (QED) is 0.539. The summed E-state index contributed by atoms with van der Waals surface area (Å²) < 4.78 is 16.3. The van der Waals surface area contributed by atoms with Gasteiger partial charge in [-0.25, -0.2) is 4.79 Å². The zero-order chi connectivity index (χ0) is 19.8. The Balaban J connectivity index is 2.40. The Kier molecular flexibility index (Phi) is 7.25. The minimum atomic E-state index is -1.04. The van der Waals surface area contributed by atoms with Crippen molar-refractivity contribution in [3.8, 4) is 17.2 Å². The van der Waals surface area contributed by atoms with Crippen molar-refractivity contribution in [2.24, 2.45) is 0 Å². The molecule has 0 unspecified atom stereocenters. The lowest BCUT2D eigenvalue weighted by atomic mass is 10.0. The lowest BCUT2D eigenvalue weighted by Gasteiger charge is -2.13. The van der Waals surface area contributed by atoms with Gasteiger partial charge in [-0.3, -0.25) is 0 Å². The number of nitrogens with zero attached hydrogens (tertiary/aromatic N) is 1. The van der Waals surface area contributed by atoms with Gasteiger partial charge in [-0.2, -0.15) is 0 Å². The van der Waals surface area contributed by atoms with E-state index in [1.165, 1.54) is 14.2 Å². The van der Waals surface area contributed by atoms with E-state index < -0.39 is 5.97 Å². The van der Waals surface area contributed by atoms with E-state index in [0.29, 0.717) is 35.0 Å². The molecule has 0 bridgehead atoms. The molecule has 1 N–H and O–H groups in total. The Morgan fingerprint density at radius 3 is 2.37 bits per heavy atom. The van der Waals surface area contributed by atoms with E-state index in [1.54, 1.807) is 24.3 Å². The predicted molar refractivity (Wildman–Crippen MR) is 106 cm³/mol. The molecular weight excluding hydrogens is 346 g/mol. The first-order chi connectivity index (χ1) is 13.0. The summed E-state index contributed by atoms with van der Waals surface area (Å²) in [7, 11) is 6.98. The number of methoxy groups -OCH3 is 2. The Hall–Kier alpha value is -2.99. The van der Waals surface area contributed by atoms with Crippen LogP contribution >= 0.6 is 0 Å². The summed E-state index contributed by atoms with van der Waals surface area (Å²) in [5.74, 6) is 0.611. The van der Waals surface area contributed by atoms with Gasteiger partial charge < -0.3 is 24.2 Å². The number of carbonyl (C=O) groups is 1. The average molecular weight is 371 g/mol. The number of carboxylic acid groups (broad SMARTS) is 1. The standard InChI is InChI=1S/C21H25NO5/c1-22(2)11-12-27-18-8-6-5-7-16(18)13-17(21(23)24)15-9-10-19(25-3)20(14-15)26-4/h5-10,13-14H,11-12H2,1-4H3,(H,23,24)/b17-13-. The number of rotatable bonds is 9. The number of hydrogen-bond acceptors (Lipinski definition) is 5. The van der Waals surface area contributed by atoms with Crippen LogP contribution in [0.1, 0.15) is 11.1 Å². The molecule has 0 saturated carbocycles. The topological polar surface area (TPSA) is 68.2 Å². The molecule has 0 fully saturated rings. The summed E-state index contributed by atoms with van der Waals surface area (Å²) in [6.07, 6.45) is 1.61. The normalized spacial score (nSPS) is 11.4. The highest BCUT2D eigenvalue weighted by molar-refractivity contribution is 6.21. The van der Waals surface area contributed by atoms with E-state index in [-0.39, 0.29) is 5.57 Å². The van der Waals surface area contributed by atoms with Crippen molar-refractivity contribution in [3.05, 3.63) is 53.6 Å². The number of hydrogen-bond donors (Lipinski definition) is 1. The summed E-state index contributed by atoms with van der Waals surface area (Å²) in [5.41, 5.74) is 1.35. The number of benzene rings is 2. The number of likely N-dealkylation sites (N-methyl/N-ethyl adjacent to an activating group) is 1. The van der Waals surface area contributed by atoms with Gasteiger partial charge in [0.05, 0.1) is 19.8 Å². The molecule has 2 rings (SSSR count). The number of carboxylic acids is 1. The minimum absolute atomic E-state index is 0.139. The lowest BCUT2D eigenvalue weighted by molar-refractivity contribution is -0.130. The number of aliphatic carboxylic acids is 1. The highest BCUT2D eigenvalue weighted by Gasteiger charge is 2.15. The molecule has 0 aliphatic heterocycles. The molecule has 27 heavy (non-hydrogen) atoms. The summed E-state index contributed by atoms with van der Waals surface area (Å²) >= 11 is 0. The maximum Gasteiger partial charge on any atom is 0.336 e. The van der Waals surface area contributed by atoms with Gasteiger partial charge in [0.1, 0.15) is 12.4 Å². The highest BCUT2D eigenvalue weighted by Crippen LogP contribution is 2.32. The predicted octanol–water partition coefficient (Wildman–Crippen LogP) is 3.27. The van der Waals surface area contributed by atoms with Crippen molar-refractivity contribution in [3.63, 3.8) is 0 Å². The van der Waals surface area contributed by atoms with Gasteiger partial charge >= 0.3 is 5.97 Å². The number of ether oxygens (including phenoxy) is 3. The highest BCUT2D eigenvalue weighted by atomic mass is 16.5.